The zero-order valence-corrected chi connectivity index (χ0v) is 16.7. The fraction of sp³-hybridized carbons (Fsp3) is 0.364. The van der Waals surface area contributed by atoms with Crippen molar-refractivity contribution < 1.29 is 9.53 Å². The normalized spacial score (nSPS) is 16.1. The first-order valence-electron chi connectivity index (χ1n) is 9.77. The summed E-state index contributed by atoms with van der Waals surface area (Å²) >= 11 is 1.67. The van der Waals surface area contributed by atoms with Crippen LogP contribution in [-0.2, 0) is 16.0 Å². The molecule has 2 heterocycles. The molecule has 4 rings (SSSR count). The summed E-state index contributed by atoms with van der Waals surface area (Å²) in [5, 5.41) is 4.25. The molecule has 2 aromatic carbocycles. The first-order chi connectivity index (χ1) is 13.8. The van der Waals surface area contributed by atoms with Gasteiger partial charge in [-0.05, 0) is 17.7 Å². The lowest BCUT2D eigenvalue weighted by Gasteiger charge is -2.31. The minimum atomic E-state index is -0.0119. The van der Waals surface area contributed by atoms with Crippen molar-refractivity contribution in [2.45, 2.75) is 18.9 Å². The van der Waals surface area contributed by atoms with Gasteiger partial charge in [-0.3, -0.25) is 9.69 Å². The van der Waals surface area contributed by atoms with E-state index in [4.69, 9.17) is 4.74 Å². The number of aromatic nitrogens is 1. The lowest BCUT2D eigenvalue weighted by Crippen LogP contribution is -2.43. The van der Waals surface area contributed by atoms with Gasteiger partial charge in [-0.15, -0.1) is 11.3 Å². The van der Waals surface area contributed by atoms with Crippen LogP contribution in [0.1, 0.15) is 23.0 Å². The second kappa shape index (κ2) is 9.28. The SMILES string of the molecule is O=C(CCc1nc2ccccc2s1)N[C@@H](CN1CCOCC1)c1ccccc1. The monoisotopic (exact) mass is 395 g/mol. The number of hydrogen-bond acceptors (Lipinski definition) is 5. The number of thiazole rings is 1. The smallest absolute Gasteiger partial charge is 0.220 e. The Morgan fingerprint density at radius 3 is 2.64 bits per heavy atom. The number of aryl methyl sites for hydroxylation is 1. The summed E-state index contributed by atoms with van der Waals surface area (Å²) < 4.78 is 6.62. The molecule has 1 saturated heterocycles. The number of morpholine rings is 1. The number of nitrogens with zero attached hydrogens (tertiary/aromatic N) is 2. The molecule has 1 N–H and O–H groups in total. The molecule has 1 atom stereocenters. The van der Waals surface area contributed by atoms with Gasteiger partial charge in [0.25, 0.3) is 0 Å². The lowest BCUT2D eigenvalue weighted by molar-refractivity contribution is -0.122. The summed E-state index contributed by atoms with van der Waals surface area (Å²) in [5.74, 6) is 0.0707. The van der Waals surface area contributed by atoms with Crippen molar-refractivity contribution in [3.63, 3.8) is 0 Å². The molecule has 5 nitrogen and oxygen atoms in total. The van der Waals surface area contributed by atoms with Crippen LogP contribution in [0.25, 0.3) is 10.2 Å². The summed E-state index contributed by atoms with van der Waals surface area (Å²) in [4.78, 5) is 19.7. The van der Waals surface area contributed by atoms with Gasteiger partial charge in [-0.1, -0.05) is 42.5 Å². The average molecular weight is 396 g/mol. The number of ether oxygens (including phenoxy) is 1. The largest absolute Gasteiger partial charge is 0.379 e. The summed E-state index contributed by atoms with van der Waals surface area (Å²) in [6.45, 7) is 4.14. The molecule has 0 bridgehead atoms. The number of rotatable bonds is 7. The van der Waals surface area contributed by atoms with E-state index in [1.165, 1.54) is 4.70 Å². The average Bonchev–Trinajstić information content (AvgIpc) is 3.16. The second-order valence-electron chi connectivity index (χ2n) is 7.02. The summed E-state index contributed by atoms with van der Waals surface area (Å²) in [6.07, 6.45) is 1.12. The fourth-order valence-corrected chi connectivity index (χ4v) is 4.44. The van der Waals surface area contributed by atoms with Crippen LogP contribution in [0.3, 0.4) is 0 Å². The van der Waals surface area contributed by atoms with Crippen LogP contribution in [0.4, 0.5) is 0 Å². The third kappa shape index (κ3) is 4.95. The van der Waals surface area contributed by atoms with Crippen LogP contribution >= 0.6 is 11.3 Å². The third-order valence-corrected chi connectivity index (χ3v) is 6.08. The molecule has 28 heavy (non-hydrogen) atoms. The Kier molecular flexibility index (Phi) is 6.31. The molecular weight excluding hydrogens is 370 g/mol. The highest BCUT2D eigenvalue weighted by Gasteiger charge is 2.20. The first-order valence-corrected chi connectivity index (χ1v) is 10.6. The maximum atomic E-state index is 12.7. The van der Waals surface area contributed by atoms with Gasteiger partial charge in [0.15, 0.2) is 0 Å². The van der Waals surface area contributed by atoms with Gasteiger partial charge >= 0.3 is 0 Å². The highest BCUT2D eigenvalue weighted by atomic mass is 32.1. The predicted molar refractivity (Wildman–Crippen MR) is 113 cm³/mol. The number of amides is 1. The van der Waals surface area contributed by atoms with Gasteiger partial charge in [0, 0.05) is 32.5 Å². The van der Waals surface area contributed by atoms with Gasteiger partial charge < -0.3 is 10.1 Å². The number of fused-ring (bicyclic) bond motifs is 1. The Labute approximate surface area is 169 Å². The van der Waals surface area contributed by atoms with Crippen LogP contribution in [-0.4, -0.2) is 48.6 Å². The van der Waals surface area contributed by atoms with E-state index in [1.807, 2.05) is 36.4 Å². The molecule has 0 aliphatic carbocycles. The standard InChI is InChI=1S/C22H25N3O2S/c26-21(10-11-22-24-18-8-4-5-9-20(18)28-22)23-19(17-6-2-1-3-7-17)16-25-12-14-27-15-13-25/h1-9,19H,10-16H2,(H,23,26)/t19-/m0/s1. The van der Waals surface area contributed by atoms with E-state index in [-0.39, 0.29) is 11.9 Å². The van der Waals surface area contributed by atoms with Crippen molar-refractivity contribution in [3.05, 3.63) is 65.2 Å². The highest BCUT2D eigenvalue weighted by Crippen LogP contribution is 2.22. The summed E-state index contributed by atoms with van der Waals surface area (Å²) in [6, 6.07) is 18.3. The molecule has 1 aliphatic heterocycles. The fourth-order valence-electron chi connectivity index (χ4n) is 3.48. The topological polar surface area (TPSA) is 54.5 Å². The zero-order valence-electron chi connectivity index (χ0n) is 15.8. The molecule has 1 aromatic heterocycles. The van der Waals surface area contributed by atoms with Crippen molar-refractivity contribution in [1.29, 1.82) is 0 Å². The highest BCUT2D eigenvalue weighted by molar-refractivity contribution is 7.18. The van der Waals surface area contributed by atoms with E-state index in [9.17, 15) is 4.79 Å². The van der Waals surface area contributed by atoms with Crippen LogP contribution < -0.4 is 5.32 Å². The van der Waals surface area contributed by atoms with Crippen LogP contribution in [0.2, 0.25) is 0 Å². The number of carbonyl (C=O) groups excluding carboxylic acids is 1. The van der Waals surface area contributed by atoms with Gasteiger partial charge in [0.2, 0.25) is 5.91 Å². The Morgan fingerprint density at radius 2 is 1.86 bits per heavy atom. The van der Waals surface area contributed by atoms with E-state index >= 15 is 0 Å². The maximum Gasteiger partial charge on any atom is 0.220 e. The number of carbonyl (C=O) groups is 1. The number of para-hydroxylation sites is 1. The minimum Gasteiger partial charge on any atom is -0.379 e. The van der Waals surface area contributed by atoms with Crippen molar-refractivity contribution in [1.82, 2.24) is 15.2 Å². The van der Waals surface area contributed by atoms with E-state index < -0.39 is 0 Å². The quantitative estimate of drug-likeness (QED) is 0.666. The molecule has 0 saturated carbocycles. The molecule has 146 valence electrons. The Balaban J connectivity index is 1.38. The number of hydrogen-bond donors (Lipinski definition) is 1. The molecule has 1 amide bonds. The number of nitrogens with one attached hydrogen (secondary N) is 1. The van der Waals surface area contributed by atoms with E-state index in [2.05, 4.69) is 33.4 Å². The zero-order chi connectivity index (χ0) is 19.2. The third-order valence-electron chi connectivity index (χ3n) is 4.99. The molecule has 1 aliphatic rings. The van der Waals surface area contributed by atoms with Crippen LogP contribution in [0, 0.1) is 0 Å². The maximum absolute atomic E-state index is 12.7. The molecule has 0 spiro atoms. The van der Waals surface area contributed by atoms with Crippen molar-refractivity contribution in [3.8, 4) is 0 Å². The minimum absolute atomic E-state index is 0.0119. The van der Waals surface area contributed by atoms with Gasteiger partial charge in [-0.2, -0.15) is 0 Å². The van der Waals surface area contributed by atoms with E-state index in [1.54, 1.807) is 11.3 Å². The predicted octanol–water partition coefficient (Wildman–Crippen LogP) is 3.42. The van der Waals surface area contributed by atoms with Crippen molar-refractivity contribution in [2.75, 3.05) is 32.8 Å². The van der Waals surface area contributed by atoms with Gasteiger partial charge in [-0.25, -0.2) is 4.98 Å². The van der Waals surface area contributed by atoms with Crippen molar-refractivity contribution >= 4 is 27.5 Å². The Hall–Kier alpha value is -2.28. The van der Waals surface area contributed by atoms with Gasteiger partial charge in [0.05, 0.1) is 34.5 Å². The second-order valence-corrected chi connectivity index (χ2v) is 8.13. The van der Waals surface area contributed by atoms with Crippen LogP contribution in [0.15, 0.2) is 54.6 Å². The first kappa shape index (κ1) is 19.1. The Morgan fingerprint density at radius 1 is 1.11 bits per heavy atom. The van der Waals surface area contributed by atoms with Gasteiger partial charge in [0.1, 0.15) is 0 Å². The molecule has 1 fully saturated rings. The molecular formula is C22H25N3O2S. The molecule has 0 radical (unpaired) electrons. The molecule has 0 unspecified atom stereocenters. The molecule has 3 aromatic rings. The van der Waals surface area contributed by atoms with E-state index in [0.717, 1.165) is 48.9 Å². The van der Waals surface area contributed by atoms with E-state index in [0.29, 0.717) is 12.8 Å². The number of benzene rings is 2. The van der Waals surface area contributed by atoms with Crippen molar-refractivity contribution in [2.24, 2.45) is 0 Å². The summed E-state index contributed by atoms with van der Waals surface area (Å²) in [7, 11) is 0. The Bertz CT molecular complexity index is 873. The summed E-state index contributed by atoms with van der Waals surface area (Å²) in [5.41, 5.74) is 2.15. The molecule has 6 heteroatoms. The lowest BCUT2D eigenvalue weighted by atomic mass is 10.1. The van der Waals surface area contributed by atoms with Crippen LogP contribution in [0.5, 0.6) is 0 Å².